The van der Waals surface area contributed by atoms with Gasteiger partial charge in [0.25, 0.3) is 0 Å². The molecule has 0 radical (unpaired) electrons. The Balaban J connectivity index is 1.45. The zero-order valence-corrected chi connectivity index (χ0v) is 15.0. The first-order chi connectivity index (χ1) is 11.5. The maximum absolute atomic E-state index is 11.1. The third kappa shape index (κ3) is 4.03. The van der Waals surface area contributed by atoms with Gasteiger partial charge in [-0.3, -0.25) is 4.90 Å². The smallest absolute Gasteiger partial charge is 0.407 e. The number of hydrogen-bond acceptors (Lipinski definition) is 4. The average Bonchev–Trinajstić information content (AvgIpc) is 2.58. The molecule has 6 heteroatoms. The summed E-state index contributed by atoms with van der Waals surface area (Å²) < 4.78 is 0. The molecule has 2 heterocycles. The predicted octanol–water partition coefficient (Wildman–Crippen LogP) is 1.84. The maximum atomic E-state index is 11.1. The number of piperidine rings is 2. The van der Waals surface area contributed by atoms with Crippen LogP contribution in [-0.4, -0.2) is 70.8 Å². The van der Waals surface area contributed by atoms with Gasteiger partial charge in [0.1, 0.15) is 0 Å². The number of nitrogens with two attached hydrogens (primary N) is 1. The van der Waals surface area contributed by atoms with Crippen molar-refractivity contribution in [3.63, 3.8) is 0 Å². The van der Waals surface area contributed by atoms with Crippen molar-refractivity contribution in [1.82, 2.24) is 15.1 Å². The Labute approximate surface area is 145 Å². The highest BCUT2D eigenvalue weighted by atomic mass is 16.4. The van der Waals surface area contributed by atoms with Crippen molar-refractivity contribution < 1.29 is 9.90 Å². The first-order valence-electron chi connectivity index (χ1n) is 9.72. The van der Waals surface area contributed by atoms with Crippen molar-refractivity contribution in [2.24, 2.45) is 5.73 Å². The van der Waals surface area contributed by atoms with E-state index in [4.69, 9.17) is 10.8 Å². The highest BCUT2D eigenvalue weighted by Gasteiger charge is 2.38. The molecular weight excluding hydrogens is 304 g/mol. The predicted molar refractivity (Wildman–Crippen MR) is 95.2 cm³/mol. The summed E-state index contributed by atoms with van der Waals surface area (Å²) in [5, 5.41) is 13.0. The van der Waals surface area contributed by atoms with Gasteiger partial charge in [-0.15, -0.1) is 0 Å². The third-order valence-corrected chi connectivity index (χ3v) is 6.64. The molecule has 1 aliphatic carbocycles. The molecule has 6 nitrogen and oxygen atoms in total. The Morgan fingerprint density at radius 2 is 1.71 bits per heavy atom. The van der Waals surface area contributed by atoms with E-state index in [9.17, 15) is 4.79 Å². The van der Waals surface area contributed by atoms with Crippen LogP contribution in [0.25, 0.3) is 0 Å². The lowest BCUT2D eigenvalue weighted by Crippen LogP contribution is -2.59. The molecule has 1 amide bonds. The Bertz CT molecular complexity index is 429. The molecule has 0 aromatic rings. The van der Waals surface area contributed by atoms with Crippen molar-refractivity contribution in [1.29, 1.82) is 0 Å². The lowest BCUT2D eigenvalue weighted by Gasteiger charge is -2.49. The summed E-state index contributed by atoms with van der Waals surface area (Å²) in [6.45, 7) is 5.88. The first-order valence-corrected chi connectivity index (χ1v) is 9.72. The van der Waals surface area contributed by atoms with E-state index in [0.29, 0.717) is 31.2 Å². The minimum atomic E-state index is -0.774. The van der Waals surface area contributed by atoms with Gasteiger partial charge in [-0.1, -0.05) is 12.8 Å². The second-order valence-electron chi connectivity index (χ2n) is 8.25. The summed E-state index contributed by atoms with van der Waals surface area (Å²) in [6.07, 6.45) is 8.47. The number of carboxylic acid groups (broad SMARTS) is 1. The fourth-order valence-electron chi connectivity index (χ4n) is 4.75. The molecule has 3 aliphatic rings. The highest BCUT2D eigenvalue weighted by molar-refractivity contribution is 5.65. The van der Waals surface area contributed by atoms with Crippen molar-refractivity contribution in [2.75, 3.05) is 26.2 Å². The van der Waals surface area contributed by atoms with Gasteiger partial charge in [-0.25, -0.2) is 4.79 Å². The number of carbonyl (C=O) groups is 1. The molecule has 0 aromatic carbocycles. The number of hydrogen-bond donors (Lipinski definition) is 3. The van der Waals surface area contributed by atoms with Crippen LogP contribution in [0.3, 0.4) is 0 Å². The molecule has 0 aromatic heterocycles. The van der Waals surface area contributed by atoms with Crippen LogP contribution in [0, 0.1) is 0 Å². The van der Waals surface area contributed by atoms with Gasteiger partial charge >= 0.3 is 6.09 Å². The third-order valence-electron chi connectivity index (χ3n) is 6.64. The molecule has 3 fully saturated rings. The van der Waals surface area contributed by atoms with Gasteiger partial charge in [-0.2, -0.15) is 0 Å². The Kier molecular flexibility index (Phi) is 5.67. The number of likely N-dealkylation sites (tertiary alicyclic amines) is 2. The van der Waals surface area contributed by atoms with E-state index in [1.807, 2.05) is 0 Å². The summed E-state index contributed by atoms with van der Waals surface area (Å²) in [7, 11) is 0. The highest BCUT2D eigenvalue weighted by Crippen LogP contribution is 2.31. The van der Waals surface area contributed by atoms with Gasteiger partial charge in [0, 0.05) is 49.8 Å². The molecule has 0 bridgehead atoms. The van der Waals surface area contributed by atoms with E-state index >= 15 is 0 Å². The monoisotopic (exact) mass is 338 g/mol. The topological polar surface area (TPSA) is 81.8 Å². The zero-order chi connectivity index (χ0) is 17.2. The Hall–Kier alpha value is -0.850. The fraction of sp³-hybridized carbons (Fsp3) is 0.944. The molecular formula is C18H34N4O2. The zero-order valence-electron chi connectivity index (χ0n) is 15.0. The van der Waals surface area contributed by atoms with Crippen LogP contribution < -0.4 is 11.1 Å². The second kappa shape index (κ2) is 7.58. The number of nitrogens with zero attached hydrogens (tertiary/aromatic N) is 2. The molecule has 2 aliphatic heterocycles. The van der Waals surface area contributed by atoms with Crippen molar-refractivity contribution in [3.8, 4) is 0 Å². The van der Waals surface area contributed by atoms with Gasteiger partial charge in [0.15, 0.2) is 0 Å². The molecule has 0 spiro atoms. The van der Waals surface area contributed by atoms with Gasteiger partial charge in [0.2, 0.25) is 0 Å². The molecule has 138 valence electrons. The summed E-state index contributed by atoms with van der Waals surface area (Å²) in [5.74, 6) is 0. The van der Waals surface area contributed by atoms with Crippen molar-refractivity contribution in [2.45, 2.75) is 82.0 Å². The van der Waals surface area contributed by atoms with E-state index in [1.54, 1.807) is 4.90 Å². The minimum Gasteiger partial charge on any atom is -0.465 e. The van der Waals surface area contributed by atoms with Crippen LogP contribution in [0.2, 0.25) is 0 Å². The number of nitrogens with one attached hydrogen (secondary N) is 1. The molecule has 2 saturated heterocycles. The van der Waals surface area contributed by atoms with Crippen LogP contribution in [0.1, 0.15) is 58.3 Å². The number of amides is 1. The molecule has 3 rings (SSSR count). The lowest BCUT2D eigenvalue weighted by molar-refractivity contribution is 0.0164. The SMILES string of the molecule is CC1(N2CCC(NC3CCCCC3N)CC2)CCN(C(=O)O)CC1. The standard InChI is InChI=1S/C18H34N4O2/c1-18(8-12-21(13-9-18)17(23)24)22-10-6-14(7-11-22)20-16-5-3-2-4-15(16)19/h14-16,20H,2-13,19H2,1H3,(H,23,24). The quantitative estimate of drug-likeness (QED) is 0.731. The molecule has 1 saturated carbocycles. The maximum Gasteiger partial charge on any atom is 0.407 e. The van der Waals surface area contributed by atoms with Crippen LogP contribution in [0.5, 0.6) is 0 Å². The summed E-state index contributed by atoms with van der Waals surface area (Å²) in [5.41, 5.74) is 6.44. The van der Waals surface area contributed by atoms with Gasteiger partial charge in [-0.05, 0) is 45.4 Å². The van der Waals surface area contributed by atoms with E-state index in [-0.39, 0.29) is 5.54 Å². The Morgan fingerprint density at radius 1 is 1.08 bits per heavy atom. The average molecular weight is 338 g/mol. The van der Waals surface area contributed by atoms with Crippen LogP contribution in [0.4, 0.5) is 4.79 Å². The van der Waals surface area contributed by atoms with E-state index in [1.165, 1.54) is 32.1 Å². The van der Waals surface area contributed by atoms with Gasteiger partial charge < -0.3 is 21.1 Å². The molecule has 24 heavy (non-hydrogen) atoms. The second-order valence-corrected chi connectivity index (χ2v) is 8.25. The van der Waals surface area contributed by atoms with Crippen LogP contribution in [-0.2, 0) is 0 Å². The van der Waals surface area contributed by atoms with E-state index < -0.39 is 6.09 Å². The normalized spacial score (nSPS) is 32.7. The van der Waals surface area contributed by atoms with Crippen LogP contribution in [0.15, 0.2) is 0 Å². The molecule has 2 atom stereocenters. The van der Waals surface area contributed by atoms with Crippen molar-refractivity contribution >= 4 is 6.09 Å². The minimum absolute atomic E-state index is 0.165. The van der Waals surface area contributed by atoms with Crippen molar-refractivity contribution in [3.05, 3.63) is 0 Å². The van der Waals surface area contributed by atoms with E-state index in [2.05, 4.69) is 17.1 Å². The Morgan fingerprint density at radius 3 is 2.29 bits per heavy atom. The van der Waals surface area contributed by atoms with Crippen LogP contribution >= 0.6 is 0 Å². The summed E-state index contributed by atoms with van der Waals surface area (Å²) >= 11 is 0. The summed E-state index contributed by atoms with van der Waals surface area (Å²) in [4.78, 5) is 15.3. The molecule has 4 N–H and O–H groups in total. The first kappa shape index (κ1) is 18.0. The molecule has 2 unspecified atom stereocenters. The number of rotatable bonds is 3. The fourth-order valence-corrected chi connectivity index (χ4v) is 4.75. The lowest BCUT2D eigenvalue weighted by atomic mass is 9.85. The largest absolute Gasteiger partial charge is 0.465 e. The van der Waals surface area contributed by atoms with Gasteiger partial charge in [0.05, 0.1) is 0 Å². The summed E-state index contributed by atoms with van der Waals surface area (Å²) in [6, 6.07) is 1.43. The van der Waals surface area contributed by atoms with E-state index in [0.717, 1.165) is 32.4 Å².